The monoisotopic (exact) mass is 306 g/mol. The normalized spacial score (nSPS) is 26.5. The quantitative estimate of drug-likeness (QED) is 0.830. The highest BCUT2D eigenvalue weighted by Crippen LogP contribution is 2.25. The molecule has 0 spiro atoms. The number of nitrogens with zero attached hydrogens (tertiary/aromatic N) is 4. The number of morpholine rings is 1. The van der Waals surface area contributed by atoms with Gasteiger partial charge < -0.3 is 14.4 Å². The highest BCUT2D eigenvalue weighted by molar-refractivity contribution is 5.37. The molecular weight excluding hydrogens is 280 g/mol. The summed E-state index contributed by atoms with van der Waals surface area (Å²) in [5.41, 5.74) is 0.960. The lowest BCUT2D eigenvalue weighted by Crippen LogP contribution is -2.52. The fraction of sp³-hybridized carbons (Fsp3) is 0.750. The van der Waals surface area contributed by atoms with Crippen molar-refractivity contribution in [2.24, 2.45) is 0 Å². The molecule has 0 aliphatic carbocycles. The van der Waals surface area contributed by atoms with Crippen LogP contribution in [0.2, 0.25) is 0 Å². The maximum Gasteiger partial charge on any atom is 0.151 e. The zero-order valence-electron chi connectivity index (χ0n) is 13.6. The highest BCUT2D eigenvalue weighted by Gasteiger charge is 2.34. The van der Waals surface area contributed by atoms with E-state index in [1.54, 1.807) is 7.11 Å². The summed E-state index contributed by atoms with van der Waals surface area (Å²) in [4.78, 5) is 4.87. The van der Waals surface area contributed by atoms with Gasteiger partial charge in [0.25, 0.3) is 0 Å². The van der Waals surface area contributed by atoms with Crippen molar-refractivity contribution in [1.29, 1.82) is 0 Å². The maximum absolute atomic E-state index is 6.03. The van der Waals surface area contributed by atoms with E-state index in [2.05, 4.69) is 26.1 Å². The summed E-state index contributed by atoms with van der Waals surface area (Å²) in [5.74, 6) is 0.979. The van der Waals surface area contributed by atoms with E-state index >= 15 is 0 Å². The number of hydrogen-bond donors (Lipinski definition) is 0. The fourth-order valence-corrected chi connectivity index (χ4v) is 3.44. The molecular formula is C16H26N4O2. The van der Waals surface area contributed by atoms with E-state index in [0.29, 0.717) is 12.1 Å². The summed E-state index contributed by atoms with van der Waals surface area (Å²) in [7, 11) is 1.77. The Labute approximate surface area is 132 Å². The molecule has 2 aliphatic rings. The highest BCUT2D eigenvalue weighted by atomic mass is 16.5. The van der Waals surface area contributed by atoms with Crippen molar-refractivity contribution in [3.8, 4) is 0 Å². The molecule has 0 saturated carbocycles. The van der Waals surface area contributed by atoms with Crippen LogP contribution in [0.25, 0.3) is 0 Å². The lowest BCUT2D eigenvalue weighted by molar-refractivity contribution is -0.0760. The van der Waals surface area contributed by atoms with Crippen molar-refractivity contribution in [2.45, 2.75) is 31.9 Å². The Balaban J connectivity index is 1.66. The second-order valence-electron chi connectivity index (χ2n) is 6.10. The summed E-state index contributed by atoms with van der Waals surface area (Å²) >= 11 is 0. The predicted octanol–water partition coefficient (Wildman–Crippen LogP) is 1.10. The standard InChI is InChI=1S/C16H26N4O2/c1-13-3-4-16(18-17-13)20-7-5-14-15(6-8-20)22-12-10-19(14)9-11-21-2/h3-4,14-15H,5-12H2,1-2H3/t14-,15+/m0/s1. The molecule has 22 heavy (non-hydrogen) atoms. The van der Waals surface area contributed by atoms with Gasteiger partial charge in [-0.1, -0.05) is 0 Å². The van der Waals surface area contributed by atoms with Gasteiger partial charge >= 0.3 is 0 Å². The first-order valence-electron chi connectivity index (χ1n) is 8.18. The first-order chi connectivity index (χ1) is 10.8. The first-order valence-corrected chi connectivity index (χ1v) is 8.18. The molecule has 122 valence electrons. The minimum atomic E-state index is 0.328. The van der Waals surface area contributed by atoms with E-state index in [9.17, 15) is 0 Å². The minimum Gasteiger partial charge on any atom is -0.383 e. The third kappa shape index (κ3) is 3.56. The van der Waals surface area contributed by atoms with Crippen molar-refractivity contribution in [2.75, 3.05) is 51.4 Å². The van der Waals surface area contributed by atoms with Gasteiger partial charge in [-0.15, -0.1) is 5.10 Å². The van der Waals surface area contributed by atoms with Gasteiger partial charge in [-0.05, 0) is 31.9 Å². The molecule has 3 heterocycles. The Morgan fingerprint density at radius 3 is 2.86 bits per heavy atom. The second-order valence-corrected chi connectivity index (χ2v) is 6.10. The number of fused-ring (bicyclic) bond motifs is 1. The van der Waals surface area contributed by atoms with Crippen LogP contribution in [0.3, 0.4) is 0 Å². The average Bonchev–Trinajstić information content (AvgIpc) is 2.77. The van der Waals surface area contributed by atoms with Crippen molar-refractivity contribution in [1.82, 2.24) is 15.1 Å². The molecule has 0 radical (unpaired) electrons. The molecule has 2 fully saturated rings. The summed E-state index contributed by atoms with van der Waals surface area (Å²) in [6.45, 7) is 7.57. The van der Waals surface area contributed by atoms with E-state index in [4.69, 9.17) is 9.47 Å². The Morgan fingerprint density at radius 2 is 2.09 bits per heavy atom. The van der Waals surface area contributed by atoms with E-state index in [1.807, 2.05) is 13.0 Å². The Hall–Kier alpha value is -1.24. The molecule has 2 atom stereocenters. The fourth-order valence-electron chi connectivity index (χ4n) is 3.44. The van der Waals surface area contributed by atoms with Crippen LogP contribution in [-0.4, -0.2) is 73.7 Å². The van der Waals surface area contributed by atoms with E-state index in [-0.39, 0.29) is 0 Å². The topological polar surface area (TPSA) is 50.7 Å². The molecule has 6 nitrogen and oxygen atoms in total. The summed E-state index contributed by atoms with van der Waals surface area (Å²) in [5, 5.41) is 8.51. The third-order valence-corrected chi connectivity index (χ3v) is 4.68. The number of aryl methyl sites for hydroxylation is 1. The number of rotatable bonds is 4. The lowest BCUT2D eigenvalue weighted by Gasteiger charge is -2.40. The van der Waals surface area contributed by atoms with Gasteiger partial charge in [0.15, 0.2) is 5.82 Å². The molecule has 0 unspecified atom stereocenters. The Morgan fingerprint density at radius 1 is 1.23 bits per heavy atom. The number of aromatic nitrogens is 2. The van der Waals surface area contributed by atoms with Crippen LogP contribution in [0, 0.1) is 6.92 Å². The van der Waals surface area contributed by atoms with Gasteiger partial charge in [0.1, 0.15) is 0 Å². The number of methoxy groups -OCH3 is 1. The molecule has 0 amide bonds. The lowest BCUT2D eigenvalue weighted by atomic mass is 10.0. The van der Waals surface area contributed by atoms with Crippen LogP contribution in [-0.2, 0) is 9.47 Å². The van der Waals surface area contributed by atoms with Crippen molar-refractivity contribution in [3.05, 3.63) is 17.8 Å². The van der Waals surface area contributed by atoms with E-state index in [0.717, 1.165) is 63.7 Å². The molecule has 2 aliphatic heterocycles. The van der Waals surface area contributed by atoms with Gasteiger partial charge in [-0.3, -0.25) is 4.90 Å². The maximum atomic E-state index is 6.03. The molecule has 0 N–H and O–H groups in total. The SMILES string of the molecule is COCCN1CCO[C@@H]2CCN(c3ccc(C)nn3)CC[C@@H]21. The molecule has 0 aromatic carbocycles. The van der Waals surface area contributed by atoms with Crippen molar-refractivity contribution in [3.63, 3.8) is 0 Å². The molecule has 1 aromatic rings. The molecule has 2 saturated heterocycles. The number of ether oxygens (including phenoxy) is 2. The number of anilines is 1. The second kappa shape index (κ2) is 7.35. The zero-order valence-corrected chi connectivity index (χ0v) is 13.6. The average molecular weight is 306 g/mol. The van der Waals surface area contributed by atoms with Crippen LogP contribution in [0.15, 0.2) is 12.1 Å². The first kappa shape index (κ1) is 15.6. The summed E-state index contributed by atoms with van der Waals surface area (Å²) in [6.07, 6.45) is 2.47. The molecule has 1 aromatic heterocycles. The molecule has 3 rings (SSSR count). The summed E-state index contributed by atoms with van der Waals surface area (Å²) in [6, 6.07) is 4.59. The van der Waals surface area contributed by atoms with Crippen molar-refractivity contribution >= 4 is 5.82 Å². The smallest absolute Gasteiger partial charge is 0.151 e. The van der Waals surface area contributed by atoms with Crippen LogP contribution in [0.4, 0.5) is 5.82 Å². The van der Waals surface area contributed by atoms with Gasteiger partial charge in [0, 0.05) is 39.3 Å². The summed E-state index contributed by atoms with van der Waals surface area (Å²) < 4.78 is 11.3. The van der Waals surface area contributed by atoms with Gasteiger partial charge in [0.2, 0.25) is 0 Å². The Bertz CT molecular complexity index is 468. The third-order valence-electron chi connectivity index (χ3n) is 4.68. The van der Waals surface area contributed by atoms with Crippen LogP contribution < -0.4 is 4.90 Å². The zero-order chi connectivity index (χ0) is 15.4. The van der Waals surface area contributed by atoms with Gasteiger partial charge in [-0.2, -0.15) is 5.10 Å². The van der Waals surface area contributed by atoms with E-state index in [1.165, 1.54) is 0 Å². The van der Waals surface area contributed by atoms with Crippen LogP contribution in [0.1, 0.15) is 18.5 Å². The largest absolute Gasteiger partial charge is 0.383 e. The minimum absolute atomic E-state index is 0.328. The van der Waals surface area contributed by atoms with Gasteiger partial charge in [-0.25, -0.2) is 0 Å². The molecule has 6 heteroatoms. The van der Waals surface area contributed by atoms with Crippen molar-refractivity contribution < 1.29 is 9.47 Å². The van der Waals surface area contributed by atoms with Crippen LogP contribution >= 0.6 is 0 Å². The predicted molar refractivity (Wildman–Crippen MR) is 85.2 cm³/mol. The van der Waals surface area contributed by atoms with Crippen LogP contribution in [0.5, 0.6) is 0 Å². The molecule has 0 bridgehead atoms. The van der Waals surface area contributed by atoms with E-state index < -0.39 is 0 Å². The number of hydrogen-bond acceptors (Lipinski definition) is 6. The Kier molecular flexibility index (Phi) is 5.23. The van der Waals surface area contributed by atoms with Gasteiger partial charge in [0.05, 0.1) is 25.0 Å².